The summed E-state index contributed by atoms with van der Waals surface area (Å²) in [5, 5.41) is 0.842. The summed E-state index contributed by atoms with van der Waals surface area (Å²) in [6.45, 7) is 1.51. The Morgan fingerprint density at radius 3 is 2.90 bits per heavy atom. The van der Waals surface area contributed by atoms with Gasteiger partial charge in [-0.15, -0.1) is 0 Å². The highest BCUT2D eigenvalue weighted by molar-refractivity contribution is 8.13. The quantitative estimate of drug-likeness (QED) is 0.681. The molecule has 5 heteroatoms. The highest BCUT2D eigenvalue weighted by Crippen LogP contribution is 2.20. The number of nitrogens with one attached hydrogen (secondary N) is 1. The van der Waals surface area contributed by atoms with Crippen molar-refractivity contribution in [1.82, 2.24) is 4.98 Å². The molecule has 1 heterocycles. The van der Waals surface area contributed by atoms with Crippen LogP contribution in [0.4, 0.5) is 0 Å². The monoisotopic (exact) mass is 287 g/mol. The van der Waals surface area contributed by atoms with Crippen LogP contribution in [0.3, 0.4) is 0 Å². The summed E-state index contributed by atoms with van der Waals surface area (Å²) in [6.07, 6.45) is 1.76. The molecule has 0 bridgehead atoms. The Hall–Kier alpha value is -2.19. The lowest BCUT2D eigenvalue weighted by Crippen LogP contribution is -2.02. The van der Waals surface area contributed by atoms with Crippen molar-refractivity contribution in [1.29, 1.82) is 0 Å². The predicted molar refractivity (Wildman–Crippen MR) is 79.7 cm³/mol. The number of carbonyl (C=O) groups excluding carboxylic acids is 2. The van der Waals surface area contributed by atoms with Gasteiger partial charge < -0.3 is 9.72 Å². The van der Waals surface area contributed by atoms with Crippen LogP contribution in [0.25, 0.3) is 10.9 Å². The van der Waals surface area contributed by atoms with E-state index in [0.717, 1.165) is 22.7 Å². The van der Waals surface area contributed by atoms with E-state index in [-0.39, 0.29) is 5.12 Å². The van der Waals surface area contributed by atoms with Crippen LogP contribution in [0, 0.1) is 11.8 Å². The number of hydrogen-bond acceptors (Lipinski definition) is 4. The smallest absolute Gasteiger partial charge is 0.338 e. The van der Waals surface area contributed by atoms with Gasteiger partial charge >= 0.3 is 5.97 Å². The van der Waals surface area contributed by atoms with Gasteiger partial charge in [0.2, 0.25) is 0 Å². The molecule has 0 amide bonds. The van der Waals surface area contributed by atoms with Crippen molar-refractivity contribution in [3.8, 4) is 11.8 Å². The molecule has 102 valence electrons. The standard InChI is InChI=1S/C15H13NO3S/c1-10(17)20-7-3-4-11-8-13(15(18)19-2)12-5-6-16-14(12)9-11/h5-6,8-9,16H,7H2,1-2H3. The van der Waals surface area contributed by atoms with Gasteiger partial charge in [-0.1, -0.05) is 23.6 Å². The Morgan fingerprint density at radius 2 is 2.20 bits per heavy atom. The lowest BCUT2D eigenvalue weighted by atomic mass is 10.1. The number of fused-ring (bicyclic) bond motifs is 1. The van der Waals surface area contributed by atoms with Crippen LogP contribution in [0.1, 0.15) is 22.8 Å². The summed E-state index contributed by atoms with van der Waals surface area (Å²) in [4.78, 5) is 25.6. The Morgan fingerprint density at radius 1 is 1.40 bits per heavy atom. The topological polar surface area (TPSA) is 59.2 Å². The molecule has 0 fully saturated rings. The number of esters is 1. The van der Waals surface area contributed by atoms with Gasteiger partial charge in [-0.05, 0) is 18.2 Å². The fourth-order valence-corrected chi connectivity index (χ4v) is 2.14. The fourth-order valence-electron chi connectivity index (χ4n) is 1.79. The van der Waals surface area contributed by atoms with Crippen LogP contribution >= 0.6 is 11.8 Å². The summed E-state index contributed by atoms with van der Waals surface area (Å²) >= 11 is 1.16. The second kappa shape index (κ2) is 6.31. The molecule has 0 spiro atoms. The Bertz CT molecular complexity index is 722. The number of benzene rings is 1. The number of ether oxygens (including phenoxy) is 1. The summed E-state index contributed by atoms with van der Waals surface area (Å²) < 4.78 is 4.78. The maximum absolute atomic E-state index is 11.8. The molecule has 0 aliphatic heterocycles. The van der Waals surface area contributed by atoms with E-state index in [1.807, 2.05) is 12.1 Å². The minimum Gasteiger partial charge on any atom is -0.465 e. The largest absolute Gasteiger partial charge is 0.465 e. The van der Waals surface area contributed by atoms with Gasteiger partial charge in [-0.25, -0.2) is 4.79 Å². The average Bonchev–Trinajstić information content (AvgIpc) is 2.89. The first-order chi connectivity index (χ1) is 9.61. The summed E-state index contributed by atoms with van der Waals surface area (Å²) in [6, 6.07) is 5.39. The number of methoxy groups -OCH3 is 1. The molecule has 0 atom stereocenters. The molecule has 4 nitrogen and oxygen atoms in total. The second-order valence-electron chi connectivity index (χ2n) is 4.04. The Labute approximate surface area is 120 Å². The molecule has 0 radical (unpaired) electrons. The van der Waals surface area contributed by atoms with Crippen LogP contribution in [0.15, 0.2) is 24.4 Å². The van der Waals surface area contributed by atoms with Gasteiger partial charge in [0.25, 0.3) is 0 Å². The minimum absolute atomic E-state index is 0.0365. The zero-order valence-electron chi connectivity index (χ0n) is 11.1. The van der Waals surface area contributed by atoms with Gasteiger partial charge in [0, 0.05) is 29.6 Å². The van der Waals surface area contributed by atoms with E-state index in [9.17, 15) is 9.59 Å². The molecular formula is C15H13NO3S. The number of thioether (sulfide) groups is 1. The zero-order chi connectivity index (χ0) is 14.5. The summed E-state index contributed by atoms with van der Waals surface area (Å²) in [5.41, 5.74) is 2.02. The Kier molecular flexibility index (Phi) is 4.49. The maximum Gasteiger partial charge on any atom is 0.338 e. The molecule has 0 saturated carbocycles. The number of aromatic nitrogens is 1. The summed E-state index contributed by atoms with van der Waals surface area (Å²) in [5.74, 6) is 5.89. The van der Waals surface area contributed by atoms with Gasteiger partial charge in [0.15, 0.2) is 5.12 Å². The molecular weight excluding hydrogens is 274 g/mol. The number of hydrogen-bond donors (Lipinski definition) is 1. The fraction of sp³-hybridized carbons (Fsp3) is 0.200. The third-order valence-electron chi connectivity index (χ3n) is 2.65. The minimum atomic E-state index is -0.392. The third-order valence-corrected chi connectivity index (χ3v) is 3.35. The second-order valence-corrected chi connectivity index (χ2v) is 5.19. The highest BCUT2D eigenvalue weighted by atomic mass is 32.2. The Balaban J connectivity index is 2.35. The number of carbonyl (C=O) groups is 2. The number of aromatic amines is 1. The van der Waals surface area contributed by atoms with Crippen LogP contribution in [-0.2, 0) is 9.53 Å². The van der Waals surface area contributed by atoms with Crippen LogP contribution in [-0.4, -0.2) is 28.9 Å². The first-order valence-electron chi connectivity index (χ1n) is 5.93. The van der Waals surface area contributed by atoms with Crippen LogP contribution < -0.4 is 0 Å². The SMILES string of the molecule is COC(=O)c1cc(C#CCSC(C)=O)cc2[nH]ccc12. The van der Waals surface area contributed by atoms with Gasteiger partial charge in [-0.2, -0.15) is 0 Å². The molecule has 0 saturated heterocycles. The first-order valence-corrected chi connectivity index (χ1v) is 6.92. The molecule has 0 aliphatic carbocycles. The van der Waals surface area contributed by atoms with E-state index < -0.39 is 5.97 Å². The number of rotatable bonds is 2. The van der Waals surface area contributed by atoms with E-state index in [1.54, 1.807) is 12.3 Å². The lowest BCUT2D eigenvalue weighted by molar-refractivity contribution is -0.109. The lowest BCUT2D eigenvalue weighted by Gasteiger charge is -2.02. The molecule has 0 aliphatic rings. The molecule has 0 unspecified atom stereocenters. The van der Waals surface area contributed by atoms with Crippen molar-refractivity contribution in [3.05, 3.63) is 35.5 Å². The third kappa shape index (κ3) is 3.22. The van der Waals surface area contributed by atoms with E-state index in [2.05, 4.69) is 16.8 Å². The average molecular weight is 287 g/mol. The number of H-pyrrole nitrogens is 1. The molecule has 2 rings (SSSR count). The van der Waals surface area contributed by atoms with Gasteiger partial charge in [0.05, 0.1) is 18.4 Å². The molecule has 2 aromatic rings. The molecule has 20 heavy (non-hydrogen) atoms. The van der Waals surface area contributed by atoms with Crippen molar-refractivity contribution in [2.75, 3.05) is 12.9 Å². The first kappa shape index (κ1) is 14.2. The van der Waals surface area contributed by atoms with Crippen LogP contribution in [0.2, 0.25) is 0 Å². The molecule has 1 N–H and O–H groups in total. The van der Waals surface area contributed by atoms with E-state index >= 15 is 0 Å². The van der Waals surface area contributed by atoms with Crippen molar-refractivity contribution >= 4 is 33.7 Å². The van der Waals surface area contributed by atoms with E-state index in [0.29, 0.717) is 16.9 Å². The van der Waals surface area contributed by atoms with Crippen LogP contribution in [0.5, 0.6) is 0 Å². The van der Waals surface area contributed by atoms with Gasteiger partial charge in [0.1, 0.15) is 0 Å². The summed E-state index contributed by atoms with van der Waals surface area (Å²) in [7, 11) is 1.35. The normalized spacial score (nSPS) is 9.90. The predicted octanol–water partition coefficient (Wildman–Crippen LogP) is 2.59. The highest BCUT2D eigenvalue weighted by Gasteiger charge is 2.12. The maximum atomic E-state index is 11.8. The van der Waals surface area contributed by atoms with Crippen molar-refractivity contribution in [3.63, 3.8) is 0 Å². The van der Waals surface area contributed by atoms with Crippen molar-refractivity contribution in [2.45, 2.75) is 6.92 Å². The molecule has 1 aromatic carbocycles. The zero-order valence-corrected chi connectivity index (χ0v) is 12.0. The van der Waals surface area contributed by atoms with Gasteiger partial charge in [-0.3, -0.25) is 4.79 Å². The van der Waals surface area contributed by atoms with E-state index in [1.165, 1.54) is 14.0 Å². The molecule has 1 aromatic heterocycles. The van der Waals surface area contributed by atoms with Crippen molar-refractivity contribution < 1.29 is 14.3 Å². The van der Waals surface area contributed by atoms with E-state index in [4.69, 9.17) is 4.74 Å². The van der Waals surface area contributed by atoms with Crippen molar-refractivity contribution in [2.24, 2.45) is 0 Å².